The Morgan fingerprint density at radius 3 is 2.68 bits per heavy atom. The van der Waals surface area contributed by atoms with E-state index in [2.05, 4.69) is 10.5 Å². The molecular weight excluding hydrogens is 355 g/mol. The number of carbonyl (C=O) groups is 2. The van der Waals surface area contributed by atoms with Crippen molar-refractivity contribution in [3.8, 4) is 0 Å². The lowest BCUT2D eigenvalue weighted by molar-refractivity contribution is -0.166. The van der Waals surface area contributed by atoms with Gasteiger partial charge in [0.1, 0.15) is 5.82 Å². The molecule has 25 heavy (non-hydrogen) atoms. The van der Waals surface area contributed by atoms with Gasteiger partial charge in [0.15, 0.2) is 0 Å². The van der Waals surface area contributed by atoms with Crippen LogP contribution in [0.1, 0.15) is 32.8 Å². The van der Waals surface area contributed by atoms with Crippen LogP contribution >= 0.6 is 11.6 Å². The van der Waals surface area contributed by atoms with Crippen molar-refractivity contribution in [3.63, 3.8) is 0 Å². The van der Waals surface area contributed by atoms with Gasteiger partial charge in [-0.05, 0) is 32.9 Å². The van der Waals surface area contributed by atoms with Gasteiger partial charge in [0.05, 0.1) is 29.6 Å². The lowest BCUT2D eigenvalue weighted by Crippen LogP contribution is -2.37. The normalized spacial score (nSPS) is 19.0. The average Bonchev–Trinajstić information content (AvgIpc) is 2.94. The van der Waals surface area contributed by atoms with Crippen LogP contribution in [0.2, 0.25) is 5.02 Å². The summed E-state index contributed by atoms with van der Waals surface area (Å²) >= 11 is 6.08. The van der Waals surface area contributed by atoms with Crippen molar-refractivity contribution in [3.05, 3.63) is 28.5 Å². The van der Waals surface area contributed by atoms with Gasteiger partial charge in [-0.1, -0.05) is 16.8 Å². The van der Waals surface area contributed by atoms with Gasteiger partial charge < -0.3 is 14.3 Å². The molecule has 1 N–H and O–H groups in total. The van der Waals surface area contributed by atoms with Crippen LogP contribution in [0.3, 0.4) is 0 Å². The summed E-state index contributed by atoms with van der Waals surface area (Å²) in [5, 5.41) is 6.23. The number of carbonyl (C=O) groups excluding carboxylic acids is 2. The van der Waals surface area contributed by atoms with Gasteiger partial charge in [-0.25, -0.2) is 14.0 Å². The number of halogens is 2. The van der Waals surface area contributed by atoms with Crippen molar-refractivity contribution in [1.82, 2.24) is 0 Å². The Labute approximate surface area is 149 Å². The molecule has 1 aliphatic rings. The first-order chi connectivity index (χ1) is 11.8. The predicted octanol–water partition coefficient (Wildman–Crippen LogP) is 3.49. The van der Waals surface area contributed by atoms with Crippen LogP contribution < -0.4 is 5.32 Å². The first kappa shape index (κ1) is 19.0. The Morgan fingerprint density at radius 2 is 2.04 bits per heavy atom. The van der Waals surface area contributed by atoms with E-state index < -0.39 is 23.5 Å². The fourth-order valence-corrected chi connectivity index (χ4v) is 2.48. The van der Waals surface area contributed by atoms with E-state index in [0.717, 1.165) is 6.07 Å². The lowest BCUT2D eigenvalue weighted by Gasteiger charge is -2.18. The second-order valence-electron chi connectivity index (χ2n) is 5.41. The van der Waals surface area contributed by atoms with Crippen molar-refractivity contribution in [2.75, 3.05) is 18.5 Å². The van der Waals surface area contributed by atoms with Gasteiger partial charge >= 0.3 is 12.1 Å². The Morgan fingerprint density at radius 1 is 1.36 bits per heavy atom. The molecule has 1 aliphatic heterocycles. The summed E-state index contributed by atoms with van der Waals surface area (Å²) in [6.07, 6.45) is -0.702. The Balaban J connectivity index is 2.25. The molecule has 2 rings (SSSR count). The number of anilines is 1. The van der Waals surface area contributed by atoms with Gasteiger partial charge in [0.25, 0.3) is 0 Å². The first-order valence-corrected chi connectivity index (χ1v) is 8.04. The third-order valence-electron chi connectivity index (χ3n) is 3.45. The number of amides is 1. The van der Waals surface area contributed by atoms with E-state index in [-0.39, 0.29) is 30.3 Å². The molecule has 1 atom stereocenters. The molecule has 1 unspecified atom stereocenters. The number of benzene rings is 1. The number of rotatable bonds is 5. The fourth-order valence-electron chi connectivity index (χ4n) is 2.22. The van der Waals surface area contributed by atoms with E-state index in [9.17, 15) is 14.0 Å². The largest absolute Gasteiger partial charge is 0.463 e. The summed E-state index contributed by atoms with van der Waals surface area (Å²) < 4.78 is 23.7. The summed E-state index contributed by atoms with van der Waals surface area (Å²) in [4.78, 5) is 28.7. The third-order valence-corrected chi connectivity index (χ3v) is 3.76. The van der Waals surface area contributed by atoms with Crippen LogP contribution in [0.25, 0.3) is 0 Å². The molecule has 0 aromatic heterocycles. The molecule has 0 aliphatic carbocycles. The molecule has 9 heteroatoms. The number of esters is 1. The van der Waals surface area contributed by atoms with Crippen molar-refractivity contribution in [1.29, 1.82) is 0 Å². The van der Waals surface area contributed by atoms with Gasteiger partial charge in [-0.3, -0.25) is 5.32 Å². The lowest BCUT2D eigenvalue weighted by atomic mass is 9.95. The highest BCUT2D eigenvalue weighted by Crippen LogP contribution is 2.32. The number of oxime groups is 1. The Kier molecular flexibility index (Phi) is 5.84. The molecule has 1 aromatic rings. The maximum absolute atomic E-state index is 14.0. The van der Waals surface area contributed by atoms with Crippen molar-refractivity contribution < 1.29 is 28.3 Å². The minimum absolute atomic E-state index is 0.0716. The molecule has 1 heterocycles. The summed E-state index contributed by atoms with van der Waals surface area (Å²) in [6.45, 7) is 5.20. The van der Waals surface area contributed by atoms with Gasteiger partial charge in [-0.15, -0.1) is 0 Å². The van der Waals surface area contributed by atoms with Crippen molar-refractivity contribution in [2.45, 2.75) is 32.8 Å². The summed E-state index contributed by atoms with van der Waals surface area (Å²) in [7, 11) is 0. The fraction of sp³-hybridized carbons (Fsp3) is 0.438. The quantitative estimate of drug-likeness (QED) is 0.799. The zero-order valence-corrected chi connectivity index (χ0v) is 14.8. The molecule has 7 nitrogen and oxygen atoms in total. The van der Waals surface area contributed by atoms with Crippen molar-refractivity contribution in [2.24, 2.45) is 5.16 Å². The van der Waals surface area contributed by atoms with E-state index in [4.69, 9.17) is 25.9 Å². The topological polar surface area (TPSA) is 86.2 Å². The van der Waals surface area contributed by atoms with E-state index >= 15 is 0 Å². The minimum Gasteiger partial charge on any atom is -0.463 e. The molecule has 0 saturated carbocycles. The Bertz CT molecular complexity index is 725. The summed E-state index contributed by atoms with van der Waals surface area (Å²) in [5.41, 5.74) is -0.724. The SMILES string of the molecule is CCOC(=O)Nc1cc(C2=NOC(C)(C(=O)OCC)C2)c(Cl)cc1F. The molecular formula is C16H18ClFN2O5. The smallest absolute Gasteiger partial charge is 0.411 e. The Hall–Kier alpha value is -2.35. The molecule has 1 amide bonds. The summed E-state index contributed by atoms with van der Waals surface area (Å²) in [5.74, 6) is -1.29. The zero-order valence-electron chi connectivity index (χ0n) is 14.0. The molecule has 0 saturated heterocycles. The second-order valence-corrected chi connectivity index (χ2v) is 5.82. The number of nitrogens with zero attached hydrogens (tertiary/aromatic N) is 1. The standard InChI is InChI=1S/C16H18ClFN2O5/c1-4-23-14(21)16(3)8-13(20-25-16)9-6-12(11(18)7-10(9)17)19-15(22)24-5-2/h6-7H,4-5,8H2,1-3H3,(H,19,22). The van der Waals surface area contributed by atoms with E-state index in [0.29, 0.717) is 11.3 Å². The molecule has 1 aromatic carbocycles. The highest BCUT2D eigenvalue weighted by Gasteiger charge is 2.44. The molecule has 136 valence electrons. The van der Waals surface area contributed by atoms with Crippen LogP contribution in [-0.2, 0) is 19.1 Å². The van der Waals surface area contributed by atoms with Gasteiger partial charge in [0, 0.05) is 12.0 Å². The molecule has 0 radical (unpaired) electrons. The maximum Gasteiger partial charge on any atom is 0.411 e. The first-order valence-electron chi connectivity index (χ1n) is 7.66. The number of hydrogen-bond acceptors (Lipinski definition) is 6. The number of nitrogens with one attached hydrogen (secondary N) is 1. The number of hydrogen-bond donors (Lipinski definition) is 1. The number of ether oxygens (including phenoxy) is 2. The van der Waals surface area contributed by atoms with E-state index in [1.54, 1.807) is 13.8 Å². The monoisotopic (exact) mass is 372 g/mol. The zero-order chi connectivity index (χ0) is 18.6. The second kappa shape index (κ2) is 7.69. The molecule has 0 bridgehead atoms. The van der Waals surface area contributed by atoms with Crippen LogP contribution in [-0.4, -0.2) is 36.6 Å². The molecule has 0 spiro atoms. The highest BCUT2D eigenvalue weighted by atomic mass is 35.5. The van der Waals surface area contributed by atoms with Crippen LogP contribution in [0.4, 0.5) is 14.9 Å². The van der Waals surface area contributed by atoms with E-state index in [1.165, 1.54) is 13.0 Å². The predicted molar refractivity (Wildman–Crippen MR) is 89.3 cm³/mol. The van der Waals surface area contributed by atoms with Crippen LogP contribution in [0, 0.1) is 5.82 Å². The van der Waals surface area contributed by atoms with Crippen molar-refractivity contribution >= 4 is 35.1 Å². The maximum atomic E-state index is 14.0. The van der Waals surface area contributed by atoms with Gasteiger partial charge in [-0.2, -0.15) is 0 Å². The van der Waals surface area contributed by atoms with E-state index in [1.807, 2.05) is 0 Å². The summed E-state index contributed by atoms with van der Waals surface area (Å²) in [6, 6.07) is 2.36. The average molecular weight is 373 g/mol. The van der Waals surface area contributed by atoms with Crippen LogP contribution in [0.15, 0.2) is 17.3 Å². The molecule has 0 fully saturated rings. The highest BCUT2D eigenvalue weighted by molar-refractivity contribution is 6.34. The van der Waals surface area contributed by atoms with Gasteiger partial charge in [0.2, 0.25) is 5.60 Å². The third kappa shape index (κ3) is 4.19. The minimum atomic E-state index is -1.28. The van der Waals surface area contributed by atoms with Crippen LogP contribution in [0.5, 0.6) is 0 Å².